The Morgan fingerprint density at radius 2 is 1.21 bits per heavy atom. The normalized spacial score (nSPS) is 12.4. The minimum atomic E-state index is -1.31. The van der Waals surface area contributed by atoms with E-state index < -0.39 is 80.6 Å². The molecule has 0 radical (unpaired) electrons. The second kappa shape index (κ2) is 21.4. The second-order valence-electron chi connectivity index (χ2n) is 10.7. The fourth-order valence-electron chi connectivity index (χ4n) is 4.56. The van der Waals surface area contributed by atoms with E-state index in [0.29, 0.717) is 42.2 Å². The lowest BCUT2D eigenvalue weighted by Gasteiger charge is -2.34. The van der Waals surface area contributed by atoms with Crippen molar-refractivity contribution in [3.05, 3.63) is 29.8 Å². The molecule has 0 bridgehead atoms. The van der Waals surface area contributed by atoms with Crippen LogP contribution in [0.5, 0.6) is 0 Å². The van der Waals surface area contributed by atoms with Crippen LogP contribution >= 0.6 is 12.2 Å². The molecule has 0 unspecified atom stereocenters. The van der Waals surface area contributed by atoms with Gasteiger partial charge in [0.05, 0.1) is 32.7 Å². The van der Waals surface area contributed by atoms with Gasteiger partial charge < -0.3 is 47.0 Å². The Labute approximate surface area is 275 Å². The maximum absolute atomic E-state index is 11.7. The van der Waals surface area contributed by atoms with Crippen molar-refractivity contribution < 1.29 is 59.4 Å². The first kappa shape index (κ1) is 40.6. The van der Waals surface area contributed by atoms with Crippen molar-refractivity contribution in [3.63, 3.8) is 0 Å². The summed E-state index contributed by atoms with van der Waals surface area (Å²) in [5, 5.41) is 61.8. The predicted octanol–water partition coefficient (Wildman–Crippen LogP) is -1.20. The van der Waals surface area contributed by atoms with E-state index in [0.717, 1.165) is 4.90 Å². The van der Waals surface area contributed by atoms with Crippen LogP contribution in [0.3, 0.4) is 0 Å². The summed E-state index contributed by atoms with van der Waals surface area (Å²) in [6.07, 6.45) is 1.67. The van der Waals surface area contributed by atoms with Crippen molar-refractivity contribution >= 4 is 58.8 Å². The monoisotopic (exact) mass is 686 g/mol. The molecule has 0 aliphatic heterocycles. The van der Waals surface area contributed by atoms with Crippen LogP contribution in [0.15, 0.2) is 24.3 Å². The lowest BCUT2D eigenvalue weighted by molar-refractivity contribution is -0.144. The Morgan fingerprint density at radius 1 is 0.723 bits per heavy atom. The Morgan fingerprint density at radius 3 is 1.70 bits per heavy atom. The molecule has 0 aliphatic rings. The predicted molar refractivity (Wildman–Crippen MR) is 170 cm³/mol. The molecule has 2 atom stereocenters. The molecule has 1 aromatic carbocycles. The molecule has 0 heterocycles. The summed E-state index contributed by atoms with van der Waals surface area (Å²) in [5.41, 5.74) is 6.74. The van der Waals surface area contributed by atoms with Crippen molar-refractivity contribution in [2.24, 2.45) is 5.73 Å². The molecule has 18 nitrogen and oxygen atoms in total. The molecule has 0 saturated heterocycles. The third kappa shape index (κ3) is 19.0. The van der Waals surface area contributed by atoms with Crippen LogP contribution in [0.4, 0.5) is 5.69 Å². The summed E-state index contributed by atoms with van der Waals surface area (Å²) in [7, 11) is 0. The second-order valence-corrected chi connectivity index (χ2v) is 11.1. The molecule has 0 saturated carbocycles. The van der Waals surface area contributed by atoms with E-state index in [-0.39, 0.29) is 26.1 Å². The van der Waals surface area contributed by atoms with Crippen LogP contribution in [0, 0.1) is 0 Å². The number of hydrogen-bond acceptors (Lipinski definition) is 11. The van der Waals surface area contributed by atoms with E-state index in [2.05, 4.69) is 10.6 Å². The molecule has 262 valence electrons. The maximum Gasteiger partial charge on any atom is 0.320 e. The highest BCUT2D eigenvalue weighted by atomic mass is 32.1. The number of thiocarbonyl (C=S) groups is 1. The van der Waals surface area contributed by atoms with Gasteiger partial charge in [0.25, 0.3) is 0 Å². The summed E-state index contributed by atoms with van der Waals surface area (Å²) < 4.78 is 0. The zero-order chi connectivity index (χ0) is 35.5. The average molecular weight is 687 g/mol. The molecule has 47 heavy (non-hydrogen) atoms. The zero-order valence-electron chi connectivity index (χ0n) is 25.6. The molecule has 1 aromatic rings. The first-order chi connectivity index (χ1) is 22.0. The number of anilines is 1. The highest BCUT2D eigenvalue weighted by molar-refractivity contribution is 7.80. The smallest absolute Gasteiger partial charge is 0.320 e. The third-order valence-electron chi connectivity index (χ3n) is 6.70. The molecule has 19 heteroatoms. The van der Waals surface area contributed by atoms with Gasteiger partial charge in [0, 0.05) is 37.9 Å². The van der Waals surface area contributed by atoms with Crippen LogP contribution < -0.4 is 16.4 Å². The molecule has 0 amide bonds. The van der Waals surface area contributed by atoms with Crippen molar-refractivity contribution in [3.8, 4) is 0 Å². The van der Waals surface area contributed by atoms with Gasteiger partial charge in [-0.3, -0.25) is 43.5 Å². The fraction of sp³-hybridized carbons (Fsp3) is 0.536. The van der Waals surface area contributed by atoms with E-state index >= 15 is 0 Å². The summed E-state index contributed by atoms with van der Waals surface area (Å²) >= 11 is 5.29. The van der Waals surface area contributed by atoms with Gasteiger partial charge in [-0.25, -0.2) is 0 Å². The lowest BCUT2D eigenvalue weighted by Crippen LogP contribution is -2.51. The first-order valence-electron chi connectivity index (χ1n) is 14.5. The van der Waals surface area contributed by atoms with Gasteiger partial charge in [-0.2, -0.15) is 0 Å². The van der Waals surface area contributed by atoms with Crippen molar-refractivity contribution in [2.75, 3.05) is 64.2 Å². The summed E-state index contributed by atoms with van der Waals surface area (Å²) in [6.45, 7) is -2.99. The van der Waals surface area contributed by atoms with Gasteiger partial charge in [0.1, 0.15) is 6.04 Å². The minimum Gasteiger partial charge on any atom is -0.480 e. The van der Waals surface area contributed by atoms with Gasteiger partial charge in [0.2, 0.25) is 0 Å². The van der Waals surface area contributed by atoms with E-state index in [1.54, 1.807) is 24.3 Å². The Kier molecular flexibility index (Phi) is 18.5. The fourth-order valence-corrected chi connectivity index (χ4v) is 4.78. The quantitative estimate of drug-likeness (QED) is 0.0431. The Balaban J connectivity index is 3.05. The highest BCUT2D eigenvalue weighted by Gasteiger charge is 2.27. The number of hydrogen-bond donors (Lipinski definition) is 9. The van der Waals surface area contributed by atoms with Crippen molar-refractivity contribution in [2.45, 2.75) is 37.8 Å². The van der Waals surface area contributed by atoms with Gasteiger partial charge in [-0.15, -0.1) is 0 Å². The molecule has 10 N–H and O–H groups in total. The number of aliphatic carboxylic acids is 6. The zero-order valence-corrected chi connectivity index (χ0v) is 26.4. The topological polar surface area (TPSA) is 284 Å². The number of carboxylic acid groups (broad SMARTS) is 6. The maximum atomic E-state index is 11.7. The molecular weight excluding hydrogens is 644 g/mol. The van der Waals surface area contributed by atoms with Gasteiger partial charge in [-0.1, -0.05) is 12.1 Å². The van der Waals surface area contributed by atoms with Gasteiger partial charge >= 0.3 is 35.8 Å². The summed E-state index contributed by atoms with van der Waals surface area (Å²) in [6, 6.07) is 5.04. The number of carbonyl (C=O) groups is 6. The van der Waals surface area contributed by atoms with Crippen LogP contribution in [-0.4, -0.2) is 157 Å². The van der Waals surface area contributed by atoms with Crippen molar-refractivity contribution in [1.29, 1.82) is 0 Å². The van der Waals surface area contributed by atoms with E-state index in [4.69, 9.17) is 33.3 Å². The number of rotatable bonds is 25. The number of nitrogens with zero attached hydrogens (tertiary/aromatic N) is 3. The van der Waals surface area contributed by atoms with Crippen LogP contribution in [0.1, 0.15) is 24.8 Å². The van der Waals surface area contributed by atoms with Crippen LogP contribution in [0.2, 0.25) is 0 Å². The Bertz CT molecular complexity index is 1200. The van der Waals surface area contributed by atoms with Gasteiger partial charge in [-0.05, 0) is 55.6 Å². The SMILES string of the molecule is N[C@@H](CCCCNC(=S)Nc1ccc(C[C@H](CN(CCN(CC(=O)O)CC(=O)O)CC(=O)O)N(CC(=O)O)CC(=O)O)cc1)C(=O)O. The van der Waals surface area contributed by atoms with E-state index in [9.17, 15) is 44.1 Å². The standard InChI is InChI=1S/C28H42N6O12S/c29-21(27(45)46)3-1-2-8-30-28(47)31-19-6-4-18(5-7-19)11-20(34(16-25(41)42)17-26(43)44)12-32(13-22(35)36)9-10-33(14-23(37)38)15-24(39)40/h4-7,20-21H,1-3,8-17,29H2,(H,35,36)(H,37,38)(H,39,40)(H,41,42)(H,43,44)(H,45,46)(H2,30,31,47)/t20-,21+/m1/s1. The molecule has 0 aliphatic carbocycles. The van der Waals surface area contributed by atoms with Crippen LogP contribution in [-0.2, 0) is 35.2 Å². The lowest BCUT2D eigenvalue weighted by atomic mass is 10.0. The molecular formula is C28H42N6O12S. The minimum absolute atomic E-state index is 0.100. The molecule has 0 spiro atoms. The average Bonchev–Trinajstić information content (AvgIpc) is 2.94. The largest absolute Gasteiger partial charge is 0.480 e. The summed E-state index contributed by atoms with van der Waals surface area (Å²) in [5.74, 6) is -7.48. The molecule has 1 rings (SSSR count). The number of unbranched alkanes of at least 4 members (excludes halogenated alkanes) is 1. The first-order valence-corrected chi connectivity index (χ1v) is 14.9. The number of benzene rings is 1. The number of carboxylic acids is 6. The van der Waals surface area contributed by atoms with Crippen molar-refractivity contribution in [1.82, 2.24) is 20.0 Å². The number of nitrogens with one attached hydrogen (secondary N) is 2. The molecule has 0 aromatic heterocycles. The highest BCUT2D eigenvalue weighted by Crippen LogP contribution is 2.15. The molecule has 0 fully saturated rings. The Hall–Kier alpha value is -4.43. The summed E-state index contributed by atoms with van der Waals surface area (Å²) in [4.78, 5) is 71.7. The van der Waals surface area contributed by atoms with Crippen LogP contribution in [0.25, 0.3) is 0 Å². The van der Waals surface area contributed by atoms with E-state index in [1.165, 1.54) is 9.80 Å². The third-order valence-corrected chi connectivity index (χ3v) is 6.95. The number of nitrogens with two attached hydrogens (primary N) is 1. The van der Waals surface area contributed by atoms with Gasteiger partial charge in [0.15, 0.2) is 5.11 Å². The van der Waals surface area contributed by atoms with E-state index in [1.807, 2.05) is 0 Å².